The van der Waals surface area contributed by atoms with Crippen LogP contribution in [0.1, 0.15) is 11.7 Å². The van der Waals surface area contributed by atoms with Gasteiger partial charge >= 0.3 is 0 Å². The zero-order valence-corrected chi connectivity index (χ0v) is 8.76. The van der Waals surface area contributed by atoms with Gasteiger partial charge in [-0.05, 0) is 11.0 Å². The molecule has 15 heavy (non-hydrogen) atoms. The van der Waals surface area contributed by atoms with Gasteiger partial charge in [0.05, 0.1) is 6.34 Å². The van der Waals surface area contributed by atoms with Crippen molar-refractivity contribution >= 4 is 23.3 Å². The largest absolute Gasteiger partial charge is 0.286 e. The molecule has 0 N–H and O–H groups in total. The van der Waals surface area contributed by atoms with Gasteiger partial charge < -0.3 is 0 Å². The Balaban J connectivity index is 1.92. The zero-order valence-electron chi connectivity index (χ0n) is 7.95. The molecule has 3 nitrogen and oxygen atoms in total. The summed E-state index contributed by atoms with van der Waals surface area (Å²) in [5.41, 5.74) is 1.13. The number of amidine groups is 1. The van der Waals surface area contributed by atoms with Crippen molar-refractivity contribution in [2.75, 3.05) is 0 Å². The summed E-state index contributed by atoms with van der Waals surface area (Å²) in [6.45, 7) is 0. The first-order valence-electron chi connectivity index (χ1n) is 4.71. The van der Waals surface area contributed by atoms with E-state index in [1.165, 1.54) is 0 Å². The van der Waals surface area contributed by atoms with E-state index in [0.29, 0.717) is 0 Å². The van der Waals surface area contributed by atoms with Crippen molar-refractivity contribution in [3.05, 3.63) is 47.5 Å². The SMILES string of the molecule is C1=CN2C=NC(c3ccccc3)N=C2S1. The molecule has 0 saturated heterocycles. The fourth-order valence-electron chi connectivity index (χ4n) is 1.53. The smallest absolute Gasteiger partial charge is 0.175 e. The Morgan fingerprint density at radius 3 is 2.93 bits per heavy atom. The van der Waals surface area contributed by atoms with Crippen LogP contribution in [0.15, 0.2) is 51.9 Å². The van der Waals surface area contributed by atoms with E-state index in [9.17, 15) is 0 Å². The van der Waals surface area contributed by atoms with Crippen LogP contribution in [0.5, 0.6) is 0 Å². The van der Waals surface area contributed by atoms with Crippen molar-refractivity contribution in [3.8, 4) is 0 Å². The molecule has 2 heterocycles. The van der Waals surface area contributed by atoms with Gasteiger partial charge in [-0.2, -0.15) is 0 Å². The summed E-state index contributed by atoms with van der Waals surface area (Å²) in [5.74, 6) is 0. The molecule has 2 aliphatic rings. The van der Waals surface area contributed by atoms with Crippen LogP contribution >= 0.6 is 11.8 Å². The number of hydrogen-bond donors (Lipinski definition) is 0. The molecule has 2 aliphatic heterocycles. The Kier molecular flexibility index (Phi) is 2.07. The molecule has 1 aromatic rings. The Morgan fingerprint density at radius 2 is 2.07 bits per heavy atom. The lowest BCUT2D eigenvalue weighted by Crippen LogP contribution is -2.22. The maximum Gasteiger partial charge on any atom is 0.175 e. The van der Waals surface area contributed by atoms with Crippen LogP contribution in [0, 0.1) is 0 Å². The van der Waals surface area contributed by atoms with Crippen LogP contribution in [-0.2, 0) is 0 Å². The summed E-state index contributed by atoms with van der Waals surface area (Å²) in [5, 5.41) is 3.01. The topological polar surface area (TPSA) is 28.0 Å². The highest BCUT2D eigenvalue weighted by molar-refractivity contribution is 8.16. The summed E-state index contributed by atoms with van der Waals surface area (Å²) < 4.78 is 0. The molecule has 1 unspecified atom stereocenters. The van der Waals surface area contributed by atoms with Crippen molar-refractivity contribution in [2.24, 2.45) is 9.98 Å². The molecule has 0 aromatic heterocycles. The van der Waals surface area contributed by atoms with Gasteiger partial charge in [-0.3, -0.25) is 4.90 Å². The van der Waals surface area contributed by atoms with E-state index < -0.39 is 0 Å². The second kappa shape index (κ2) is 3.55. The molecule has 0 fully saturated rings. The van der Waals surface area contributed by atoms with Gasteiger partial charge in [-0.15, -0.1) is 0 Å². The van der Waals surface area contributed by atoms with Crippen LogP contribution in [0.2, 0.25) is 0 Å². The first kappa shape index (κ1) is 8.73. The van der Waals surface area contributed by atoms with Gasteiger partial charge in [-0.25, -0.2) is 9.98 Å². The predicted octanol–water partition coefficient (Wildman–Crippen LogP) is 2.60. The van der Waals surface area contributed by atoms with Crippen LogP contribution in [0.4, 0.5) is 0 Å². The predicted molar refractivity (Wildman–Crippen MR) is 63.7 cm³/mol. The summed E-state index contributed by atoms with van der Waals surface area (Å²) in [4.78, 5) is 10.9. The van der Waals surface area contributed by atoms with E-state index >= 15 is 0 Å². The molecule has 0 spiro atoms. The average Bonchev–Trinajstić information content (AvgIpc) is 2.77. The van der Waals surface area contributed by atoms with Crippen LogP contribution in [0.25, 0.3) is 0 Å². The lowest BCUT2D eigenvalue weighted by molar-refractivity contribution is 0.710. The van der Waals surface area contributed by atoms with Gasteiger partial charge in [0.25, 0.3) is 0 Å². The Hall–Kier alpha value is -1.55. The second-order valence-electron chi connectivity index (χ2n) is 3.27. The molecule has 4 heteroatoms. The van der Waals surface area contributed by atoms with Crippen molar-refractivity contribution in [3.63, 3.8) is 0 Å². The van der Waals surface area contributed by atoms with Crippen molar-refractivity contribution in [1.29, 1.82) is 0 Å². The minimum atomic E-state index is -0.0788. The highest BCUT2D eigenvalue weighted by Crippen LogP contribution is 2.28. The number of thioether (sulfide) groups is 1. The number of nitrogens with zero attached hydrogens (tertiary/aromatic N) is 3. The first-order chi connectivity index (χ1) is 7.43. The third-order valence-electron chi connectivity index (χ3n) is 2.28. The maximum absolute atomic E-state index is 4.56. The molecule has 0 radical (unpaired) electrons. The van der Waals surface area contributed by atoms with E-state index in [1.54, 1.807) is 11.8 Å². The number of hydrogen-bond acceptors (Lipinski definition) is 4. The molecule has 1 atom stereocenters. The molecule has 0 amide bonds. The Morgan fingerprint density at radius 1 is 1.20 bits per heavy atom. The quantitative estimate of drug-likeness (QED) is 0.720. The zero-order chi connectivity index (χ0) is 10.1. The van der Waals surface area contributed by atoms with Crippen molar-refractivity contribution < 1.29 is 0 Å². The van der Waals surface area contributed by atoms with Crippen LogP contribution in [-0.4, -0.2) is 16.4 Å². The van der Waals surface area contributed by atoms with Gasteiger partial charge in [-0.1, -0.05) is 42.1 Å². The molecular weight excluding hydrogens is 206 g/mol. The monoisotopic (exact) mass is 215 g/mol. The summed E-state index contributed by atoms with van der Waals surface area (Å²) in [7, 11) is 0. The van der Waals surface area contributed by atoms with E-state index in [4.69, 9.17) is 0 Å². The molecule has 0 bridgehead atoms. The molecule has 0 saturated carbocycles. The fourth-order valence-corrected chi connectivity index (χ4v) is 2.23. The third kappa shape index (κ3) is 1.57. The number of benzene rings is 1. The highest BCUT2D eigenvalue weighted by atomic mass is 32.2. The average molecular weight is 215 g/mol. The molecule has 1 aromatic carbocycles. The Labute approximate surface area is 92.2 Å². The minimum Gasteiger partial charge on any atom is -0.286 e. The number of rotatable bonds is 1. The van der Waals surface area contributed by atoms with Gasteiger partial charge in [0.15, 0.2) is 11.3 Å². The fraction of sp³-hybridized carbons (Fsp3) is 0.0909. The first-order valence-corrected chi connectivity index (χ1v) is 5.59. The van der Waals surface area contributed by atoms with Crippen molar-refractivity contribution in [2.45, 2.75) is 6.17 Å². The lowest BCUT2D eigenvalue weighted by atomic mass is 10.2. The highest BCUT2D eigenvalue weighted by Gasteiger charge is 2.20. The summed E-state index contributed by atoms with van der Waals surface area (Å²) in [6.07, 6.45) is 3.72. The minimum absolute atomic E-state index is 0.0788. The van der Waals surface area contributed by atoms with Gasteiger partial charge in [0.2, 0.25) is 0 Å². The third-order valence-corrected chi connectivity index (χ3v) is 3.06. The van der Waals surface area contributed by atoms with Gasteiger partial charge in [0.1, 0.15) is 0 Å². The molecule has 74 valence electrons. The van der Waals surface area contributed by atoms with Gasteiger partial charge in [0, 0.05) is 6.20 Å². The molecule has 3 rings (SSSR count). The number of fused-ring (bicyclic) bond motifs is 1. The van der Waals surface area contributed by atoms with E-state index in [1.807, 2.05) is 41.0 Å². The molecular formula is C11H9N3S. The second-order valence-corrected chi connectivity index (χ2v) is 4.14. The number of aliphatic imine (C=N–C) groups is 2. The van der Waals surface area contributed by atoms with E-state index in [-0.39, 0.29) is 6.17 Å². The standard InChI is InChI=1S/C11H9N3S/c1-2-4-9(5-3-1)10-12-8-14-6-7-15-11(14)13-10/h1-8,10H. The lowest BCUT2D eigenvalue weighted by Gasteiger charge is -2.19. The summed E-state index contributed by atoms with van der Waals surface area (Å²) >= 11 is 1.63. The molecule has 0 aliphatic carbocycles. The summed E-state index contributed by atoms with van der Waals surface area (Å²) in [6, 6.07) is 10.1. The normalized spacial score (nSPS) is 22.8. The van der Waals surface area contributed by atoms with Crippen LogP contribution in [0.3, 0.4) is 0 Å². The van der Waals surface area contributed by atoms with E-state index in [2.05, 4.69) is 22.1 Å². The Bertz CT molecular complexity index is 450. The maximum atomic E-state index is 4.56. The van der Waals surface area contributed by atoms with E-state index in [0.717, 1.165) is 10.7 Å². The van der Waals surface area contributed by atoms with Crippen LogP contribution < -0.4 is 0 Å². The van der Waals surface area contributed by atoms with Crippen molar-refractivity contribution in [1.82, 2.24) is 4.90 Å².